The molecule has 0 radical (unpaired) electrons. The number of carbonyl (C=O) groups excluding carboxylic acids is 1. The summed E-state index contributed by atoms with van der Waals surface area (Å²) in [7, 11) is 0. The van der Waals surface area contributed by atoms with Crippen molar-refractivity contribution in [3.05, 3.63) is 0 Å². The van der Waals surface area contributed by atoms with E-state index in [1.165, 1.54) is 0 Å². The molecule has 1 rings (SSSR count). The van der Waals surface area contributed by atoms with Crippen molar-refractivity contribution in [3.63, 3.8) is 0 Å². The molecule has 0 aromatic rings. The summed E-state index contributed by atoms with van der Waals surface area (Å²) in [6.45, 7) is 7.59. The van der Waals surface area contributed by atoms with E-state index in [2.05, 4.69) is 0 Å². The van der Waals surface area contributed by atoms with Gasteiger partial charge < -0.3 is 9.84 Å². The fourth-order valence-electron chi connectivity index (χ4n) is 2.96. The van der Waals surface area contributed by atoms with Crippen molar-refractivity contribution in [2.75, 3.05) is 0 Å². The zero-order valence-corrected chi connectivity index (χ0v) is 13.1. The molecule has 0 bridgehead atoms. The minimum atomic E-state index is -0.729. The van der Waals surface area contributed by atoms with Crippen molar-refractivity contribution in [2.45, 2.75) is 71.8 Å². The molecule has 1 aliphatic carbocycles. The Morgan fingerprint density at radius 3 is 2.50 bits per heavy atom. The van der Waals surface area contributed by atoms with Crippen molar-refractivity contribution in [1.82, 2.24) is 0 Å². The Balaban J connectivity index is 2.49. The first kappa shape index (κ1) is 17.0. The third-order valence-corrected chi connectivity index (χ3v) is 4.08. The molecule has 116 valence electrons. The highest BCUT2D eigenvalue weighted by Crippen LogP contribution is 2.36. The van der Waals surface area contributed by atoms with Gasteiger partial charge >= 0.3 is 11.9 Å². The molecule has 0 spiro atoms. The fourth-order valence-corrected chi connectivity index (χ4v) is 2.96. The number of esters is 1. The van der Waals surface area contributed by atoms with Gasteiger partial charge in [-0.15, -0.1) is 0 Å². The third kappa shape index (κ3) is 5.93. The van der Waals surface area contributed by atoms with Gasteiger partial charge in [0.05, 0.1) is 5.92 Å². The Morgan fingerprint density at radius 1 is 1.30 bits per heavy atom. The summed E-state index contributed by atoms with van der Waals surface area (Å²) in [5.41, 5.74) is -0.442. The molecule has 0 heterocycles. The van der Waals surface area contributed by atoms with E-state index in [1.807, 2.05) is 27.7 Å². The molecule has 0 aromatic heterocycles. The molecule has 1 fully saturated rings. The van der Waals surface area contributed by atoms with Crippen LogP contribution in [0.4, 0.5) is 0 Å². The van der Waals surface area contributed by atoms with Crippen molar-refractivity contribution < 1.29 is 19.4 Å². The summed E-state index contributed by atoms with van der Waals surface area (Å²) in [4.78, 5) is 22.8. The Kier molecular flexibility index (Phi) is 6.03. The molecular formula is C16H28O4. The maximum absolute atomic E-state index is 12.1. The van der Waals surface area contributed by atoms with Gasteiger partial charge in [-0.2, -0.15) is 0 Å². The van der Waals surface area contributed by atoms with Crippen LogP contribution in [-0.2, 0) is 14.3 Å². The lowest BCUT2D eigenvalue weighted by Crippen LogP contribution is -2.33. The lowest BCUT2D eigenvalue weighted by Gasteiger charge is -2.33. The first-order valence-corrected chi connectivity index (χ1v) is 7.63. The van der Waals surface area contributed by atoms with E-state index in [0.717, 1.165) is 32.1 Å². The number of ether oxygens (including phenoxy) is 1. The largest absolute Gasteiger partial charge is 0.481 e. The predicted molar refractivity (Wildman–Crippen MR) is 77.3 cm³/mol. The molecular weight excluding hydrogens is 256 g/mol. The normalized spacial score (nSPS) is 25.0. The van der Waals surface area contributed by atoms with E-state index in [-0.39, 0.29) is 18.3 Å². The molecule has 1 N–H and O–H groups in total. The Hall–Kier alpha value is -1.06. The van der Waals surface area contributed by atoms with E-state index in [0.29, 0.717) is 11.8 Å². The molecule has 0 aliphatic heterocycles. The zero-order valence-electron chi connectivity index (χ0n) is 13.1. The lowest BCUT2D eigenvalue weighted by molar-refractivity contribution is -0.162. The van der Waals surface area contributed by atoms with Crippen LogP contribution in [0.2, 0.25) is 0 Å². The van der Waals surface area contributed by atoms with Gasteiger partial charge in [0.2, 0.25) is 0 Å². The number of aliphatic carboxylic acids is 1. The number of carbonyl (C=O) groups is 2. The van der Waals surface area contributed by atoms with E-state index < -0.39 is 11.6 Å². The Labute approximate surface area is 121 Å². The zero-order chi connectivity index (χ0) is 15.3. The maximum Gasteiger partial charge on any atom is 0.309 e. The van der Waals surface area contributed by atoms with Gasteiger partial charge in [-0.3, -0.25) is 9.59 Å². The van der Waals surface area contributed by atoms with Gasteiger partial charge in [0.25, 0.3) is 0 Å². The fraction of sp³-hybridized carbons (Fsp3) is 0.875. The van der Waals surface area contributed by atoms with Gasteiger partial charge in [0, 0.05) is 6.42 Å². The number of hydrogen-bond acceptors (Lipinski definition) is 3. The Bertz CT molecular complexity index is 343. The van der Waals surface area contributed by atoms with Gasteiger partial charge in [-0.05, 0) is 51.9 Å². The summed E-state index contributed by atoms with van der Waals surface area (Å²) < 4.78 is 5.45. The second-order valence-corrected chi connectivity index (χ2v) is 7.05. The topological polar surface area (TPSA) is 63.6 Å². The predicted octanol–water partition coefficient (Wildman–Crippen LogP) is 3.64. The summed E-state index contributed by atoms with van der Waals surface area (Å²) in [5.74, 6) is -0.178. The minimum Gasteiger partial charge on any atom is -0.481 e. The molecule has 1 aliphatic rings. The molecule has 20 heavy (non-hydrogen) atoms. The van der Waals surface area contributed by atoms with Gasteiger partial charge in [0.15, 0.2) is 0 Å². The molecule has 0 amide bonds. The van der Waals surface area contributed by atoms with Gasteiger partial charge in [-0.1, -0.05) is 19.8 Å². The van der Waals surface area contributed by atoms with Crippen molar-refractivity contribution in [3.8, 4) is 0 Å². The molecule has 4 nitrogen and oxygen atoms in total. The van der Waals surface area contributed by atoms with Crippen LogP contribution in [0.15, 0.2) is 0 Å². The van der Waals surface area contributed by atoms with Crippen LogP contribution in [0, 0.1) is 17.8 Å². The van der Waals surface area contributed by atoms with E-state index in [9.17, 15) is 9.59 Å². The lowest BCUT2D eigenvalue weighted by atomic mass is 9.74. The van der Waals surface area contributed by atoms with Crippen molar-refractivity contribution in [2.24, 2.45) is 17.8 Å². The number of carboxylic acid groups (broad SMARTS) is 1. The molecule has 2 unspecified atom stereocenters. The standard InChI is InChI=1S/C16H28O4/c1-11(15(19)20-16(2,3)4)13-7-5-6-12(10-13)8-9-14(17)18/h11-13H,5-10H2,1-4H3,(H,17,18)/t11-,12?,13?/m0/s1. The van der Waals surface area contributed by atoms with Crippen LogP contribution >= 0.6 is 0 Å². The van der Waals surface area contributed by atoms with Crippen molar-refractivity contribution >= 4 is 11.9 Å². The highest BCUT2D eigenvalue weighted by Gasteiger charge is 2.32. The summed E-state index contributed by atoms with van der Waals surface area (Å²) in [6, 6.07) is 0. The van der Waals surface area contributed by atoms with Crippen LogP contribution in [0.5, 0.6) is 0 Å². The third-order valence-electron chi connectivity index (χ3n) is 4.08. The summed E-state index contributed by atoms with van der Waals surface area (Å²) >= 11 is 0. The van der Waals surface area contributed by atoms with Crippen LogP contribution in [0.1, 0.15) is 66.2 Å². The summed E-state index contributed by atoms with van der Waals surface area (Å²) in [5, 5.41) is 8.76. The average molecular weight is 284 g/mol. The number of carboxylic acids is 1. The Morgan fingerprint density at radius 2 is 1.95 bits per heavy atom. The van der Waals surface area contributed by atoms with Gasteiger partial charge in [0.1, 0.15) is 5.60 Å². The number of hydrogen-bond donors (Lipinski definition) is 1. The highest BCUT2D eigenvalue weighted by atomic mass is 16.6. The maximum atomic E-state index is 12.1. The van der Waals surface area contributed by atoms with Crippen LogP contribution in [0.25, 0.3) is 0 Å². The minimum absolute atomic E-state index is 0.0955. The molecule has 0 aromatic carbocycles. The molecule has 4 heteroatoms. The smallest absolute Gasteiger partial charge is 0.309 e. The van der Waals surface area contributed by atoms with E-state index >= 15 is 0 Å². The first-order valence-electron chi connectivity index (χ1n) is 7.63. The second-order valence-electron chi connectivity index (χ2n) is 7.05. The molecule has 1 saturated carbocycles. The molecule has 3 atom stereocenters. The van der Waals surface area contributed by atoms with E-state index in [1.54, 1.807) is 0 Å². The van der Waals surface area contributed by atoms with Crippen molar-refractivity contribution in [1.29, 1.82) is 0 Å². The average Bonchev–Trinajstić information content (AvgIpc) is 2.33. The second kappa shape index (κ2) is 7.09. The van der Waals surface area contributed by atoms with Crippen LogP contribution < -0.4 is 0 Å². The highest BCUT2D eigenvalue weighted by molar-refractivity contribution is 5.72. The monoisotopic (exact) mass is 284 g/mol. The number of rotatable bonds is 5. The SMILES string of the molecule is C[C@H](C(=O)OC(C)(C)C)C1CCCC(CCC(=O)O)C1. The molecule has 0 saturated heterocycles. The van der Waals surface area contributed by atoms with Crippen LogP contribution in [0.3, 0.4) is 0 Å². The first-order chi connectivity index (χ1) is 9.19. The quantitative estimate of drug-likeness (QED) is 0.783. The van der Waals surface area contributed by atoms with Gasteiger partial charge in [-0.25, -0.2) is 0 Å². The van der Waals surface area contributed by atoms with Crippen LogP contribution in [-0.4, -0.2) is 22.6 Å². The van der Waals surface area contributed by atoms with E-state index in [4.69, 9.17) is 9.84 Å². The summed E-state index contributed by atoms with van der Waals surface area (Å²) in [6.07, 6.45) is 5.13.